The van der Waals surface area contributed by atoms with Gasteiger partial charge in [-0.15, -0.1) is 12.4 Å². The van der Waals surface area contributed by atoms with Gasteiger partial charge in [0.2, 0.25) is 0 Å². The molecule has 0 aliphatic carbocycles. The number of esters is 2. The first-order valence-electron chi connectivity index (χ1n) is 9.92. The van der Waals surface area contributed by atoms with Crippen molar-refractivity contribution in [1.29, 1.82) is 0 Å². The number of hydrogen-bond acceptors (Lipinski definition) is 9. The highest BCUT2D eigenvalue weighted by Gasteiger charge is 2.39. The Morgan fingerprint density at radius 3 is 2.38 bits per heavy atom. The zero-order valence-electron chi connectivity index (χ0n) is 18.2. The van der Waals surface area contributed by atoms with E-state index in [4.69, 9.17) is 15.2 Å². The van der Waals surface area contributed by atoms with E-state index in [9.17, 15) is 19.7 Å². The summed E-state index contributed by atoms with van der Waals surface area (Å²) in [5.41, 5.74) is 7.44. The zero-order valence-corrected chi connectivity index (χ0v) is 19.8. The summed E-state index contributed by atoms with van der Waals surface area (Å²) < 4.78 is 10.5. The number of rotatable bonds is 10. The maximum Gasteiger partial charge on any atom is 0.336 e. The summed E-state index contributed by atoms with van der Waals surface area (Å²) >= 11 is 1.53. The summed E-state index contributed by atoms with van der Waals surface area (Å²) in [6, 6.07) is 5.90. The van der Waals surface area contributed by atoms with Crippen molar-refractivity contribution in [3.8, 4) is 0 Å². The van der Waals surface area contributed by atoms with Crippen LogP contribution in [0.2, 0.25) is 0 Å². The minimum Gasteiger partial charge on any atom is -0.463 e. The first kappa shape index (κ1) is 27.5. The van der Waals surface area contributed by atoms with Crippen LogP contribution in [0.3, 0.4) is 0 Å². The lowest BCUT2D eigenvalue weighted by Gasteiger charge is -2.31. The number of ether oxygens (including phenoxy) is 2. The quantitative estimate of drug-likeness (QED) is 0.222. The van der Waals surface area contributed by atoms with Gasteiger partial charge < -0.3 is 20.5 Å². The number of halogens is 1. The smallest absolute Gasteiger partial charge is 0.336 e. The monoisotopic (exact) mass is 485 g/mol. The van der Waals surface area contributed by atoms with Gasteiger partial charge in [-0.2, -0.15) is 11.8 Å². The molecule has 9 nitrogen and oxygen atoms in total. The van der Waals surface area contributed by atoms with Gasteiger partial charge in [-0.05, 0) is 26.3 Å². The van der Waals surface area contributed by atoms with Gasteiger partial charge in [0, 0.05) is 41.6 Å². The van der Waals surface area contributed by atoms with E-state index in [1.165, 1.54) is 30.0 Å². The maximum absolute atomic E-state index is 13.0. The van der Waals surface area contributed by atoms with Crippen LogP contribution in [0.15, 0.2) is 46.8 Å². The number of dihydropyridines is 1. The minimum absolute atomic E-state index is 0. The molecule has 1 aromatic carbocycles. The Labute approximate surface area is 197 Å². The fourth-order valence-electron chi connectivity index (χ4n) is 3.35. The predicted molar refractivity (Wildman–Crippen MR) is 126 cm³/mol. The number of hydrogen-bond donors (Lipinski definition) is 2. The number of nitrogens with zero attached hydrogens (tertiary/aromatic N) is 1. The summed E-state index contributed by atoms with van der Waals surface area (Å²) in [7, 11) is 0. The zero-order chi connectivity index (χ0) is 23.0. The van der Waals surface area contributed by atoms with Gasteiger partial charge in [0.25, 0.3) is 5.69 Å². The molecule has 1 heterocycles. The normalized spacial score (nSPS) is 15.6. The summed E-state index contributed by atoms with van der Waals surface area (Å²) in [5.74, 6) is -0.947. The Morgan fingerprint density at radius 1 is 1.19 bits per heavy atom. The Hall–Kier alpha value is -2.56. The standard InChI is InChI=1S/C21H27N3O6S.ClH/c1-4-29-20(25)17-13(3)23-16(12-31-10-9-22)19(21(26)30-5-2)18(17)14-7-6-8-15(11-14)24(27)28;/h6-8,11,18,23H,4-5,9-10,12,22H2,1-3H3;1H. The second kappa shape index (κ2) is 13.1. The second-order valence-corrected chi connectivity index (χ2v) is 7.73. The number of allylic oxidation sites excluding steroid dienone is 1. The molecule has 1 aliphatic heterocycles. The molecule has 176 valence electrons. The van der Waals surface area contributed by atoms with Crippen molar-refractivity contribution >= 4 is 41.8 Å². The van der Waals surface area contributed by atoms with Crippen molar-refractivity contribution in [3.63, 3.8) is 0 Å². The van der Waals surface area contributed by atoms with Gasteiger partial charge in [-0.25, -0.2) is 9.59 Å². The molecular formula is C21H28ClN3O6S. The van der Waals surface area contributed by atoms with E-state index in [1.54, 1.807) is 26.8 Å². The van der Waals surface area contributed by atoms with Crippen LogP contribution in [0.25, 0.3) is 0 Å². The molecule has 0 amide bonds. The molecule has 0 saturated carbocycles. The average molecular weight is 486 g/mol. The molecule has 1 aromatic rings. The lowest BCUT2D eigenvalue weighted by atomic mass is 9.80. The Morgan fingerprint density at radius 2 is 1.81 bits per heavy atom. The van der Waals surface area contributed by atoms with Gasteiger partial charge in [-0.3, -0.25) is 10.1 Å². The number of nitrogens with one attached hydrogen (secondary N) is 1. The highest BCUT2D eigenvalue weighted by molar-refractivity contribution is 7.99. The first-order chi connectivity index (χ1) is 14.8. The summed E-state index contributed by atoms with van der Waals surface area (Å²) in [5, 5.41) is 14.5. The largest absolute Gasteiger partial charge is 0.463 e. The molecule has 0 saturated heterocycles. The highest BCUT2D eigenvalue weighted by Crippen LogP contribution is 2.40. The van der Waals surface area contributed by atoms with Crippen molar-refractivity contribution in [2.75, 3.05) is 31.3 Å². The number of benzene rings is 1. The van der Waals surface area contributed by atoms with Gasteiger partial charge in [0.1, 0.15) is 0 Å². The Balaban J connectivity index is 0.00000512. The van der Waals surface area contributed by atoms with Crippen LogP contribution >= 0.6 is 24.2 Å². The topological polar surface area (TPSA) is 134 Å². The van der Waals surface area contributed by atoms with Crippen LogP contribution in [0, 0.1) is 10.1 Å². The number of carbonyl (C=O) groups is 2. The van der Waals surface area contributed by atoms with Crippen molar-refractivity contribution in [1.82, 2.24) is 5.32 Å². The third kappa shape index (κ3) is 6.47. The lowest BCUT2D eigenvalue weighted by molar-refractivity contribution is -0.384. The van der Waals surface area contributed by atoms with Crippen LogP contribution in [0.1, 0.15) is 32.3 Å². The van der Waals surface area contributed by atoms with Crippen LogP contribution in [0.5, 0.6) is 0 Å². The van der Waals surface area contributed by atoms with E-state index in [0.717, 1.165) is 0 Å². The van der Waals surface area contributed by atoms with E-state index in [0.29, 0.717) is 35.0 Å². The summed E-state index contributed by atoms with van der Waals surface area (Å²) in [6.07, 6.45) is 0. The van der Waals surface area contributed by atoms with Crippen molar-refractivity contribution < 1.29 is 24.0 Å². The number of nitrogens with two attached hydrogens (primary N) is 1. The van der Waals surface area contributed by atoms with Crippen LogP contribution in [0.4, 0.5) is 5.69 Å². The first-order valence-corrected chi connectivity index (χ1v) is 11.1. The van der Waals surface area contributed by atoms with Crippen molar-refractivity contribution in [2.24, 2.45) is 5.73 Å². The molecule has 0 aromatic heterocycles. The minimum atomic E-state index is -0.868. The van der Waals surface area contributed by atoms with Gasteiger partial charge in [-0.1, -0.05) is 12.1 Å². The van der Waals surface area contributed by atoms with E-state index in [1.807, 2.05) is 0 Å². The highest BCUT2D eigenvalue weighted by atomic mass is 35.5. The Kier molecular flexibility index (Phi) is 11.2. The molecule has 1 atom stereocenters. The van der Waals surface area contributed by atoms with E-state index < -0.39 is 22.8 Å². The number of thioether (sulfide) groups is 1. The average Bonchev–Trinajstić information content (AvgIpc) is 2.73. The number of nitro groups is 1. The molecule has 2 rings (SSSR count). The van der Waals surface area contributed by atoms with E-state index in [2.05, 4.69) is 5.32 Å². The summed E-state index contributed by atoms with van der Waals surface area (Å²) in [6.45, 7) is 5.85. The third-order valence-corrected chi connectivity index (χ3v) is 5.58. The number of non-ortho nitro benzene ring substituents is 1. The molecule has 11 heteroatoms. The van der Waals surface area contributed by atoms with Crippen LogP contribution < -0.4 is 11.1 Å². The third-order valence-electron chi connectivity index (χ3n) is 4.56. The predicted octanol–water partition coefficient (Wildman–Crippen LogP) is 3.05. The molecule has 0 radical (unpaired) electrons. The maximum atomic E-state index is 13.0. The molecule has 1 aliphatic rings. The molecule has 1 unspecified atom stereocenters. The molecule has 0 fully saturated rings. The second-order valence-electron chi connectivity index (χ2n) is 6.62. The fraction of sp³-hybridized carbons (Fsp3) is 0.429. The molecular weight excluding hydrogens is 458 g/mol. The number of carbonyl (C=O) groups excluding carboxylic acids is 2. The molecule has 3 N–H and O–H groups in total. The van der Waals surface area contributed by atoms with Gasteiger partial charge in [0.05, 0.1) is 35.2 Å². The Bertz CT molecular complexity index is 919. The molecule has 0 spiro atoms. The van der Waals surface area contributed by atoms with Gasteiger partial charge >= 0.3 is 11.9 Å². The van der Waals surface area contributed by atoms with Crippen molar-refractivity contribution in [2.45, 2.75) is 26.7 Å². The van der Waals surface area contributed by atoms with Gasteiger partial charge in [0.15, 0.2) is 0 Å². The van der Waals surface area contributed by atoms with E-state index in [-0.39, 0.29) is 42.5 Å². The van der Waals surface area contributed by atoms with Crippen LogP contribution in [-0.4, -0.2) is 48.1 Å². The fourth-order valence-corrected chi connectivity index (χ4v) is 4.09. The number of nitro benzene ring substituents is 1. The molecule has 0 bridgehead atoms. The molecule has 32 heavy (non-hydrogen) atoms. The van der Waals surface area contributed by atoms with E-state index >= 15 is 0 Å². The SMILES string of the molecule is CCOC(=O)C1=C(C)NC(CSCCN)=C(C(=O)OCC)C1c1cccc([N+](=O)[O-])c1.Cl. The summed E-state index contributed by atoms with van der Waals surface area (Å²) in [4.78, 5) is 36.7. The lowest BCUT2D eigenvalue weighted by Crippen LogP contribution is -2.34. The van der Waals surface area contributed by atoms with Crippen molar-refractivity contribution in [3.05, 3.63) is 62.5 Å². The van der Waals surface area contributed by atoms with Crippen LogP contribution in [-0.2, 0) is 19.1 Å².